The Bertz CT molecular complexity index is 1020. The summed E-state index contributed by atoms with van der Waals surface area (Å²) in [5, 5.41) is 8.90. The Morgan fingerprint density at radius 2 is 1.42 bits per heavy atom. The second kappa shape index (κ2) is 11.6. The molecule has 0 bridgehead atoms. The summed E-state index contributed by atoms with van der Waals surface area (Å²) in [5.74, 6) is 0.789. The normalized spacial score (nSPS) is 19.2. The molecule has 0 aromatic heterocycles. The molecule has 0 radical (unpaired) electrons. The molecule has 1 fully saturated rings. The summed E-state index contributed by atoms with van der Waals surface area (Å²) in [5.41, 5.74) is 1.22. The molecule has 4 heteroatoms. The van der Waals surface area contributed by atoms with E-state index in [0.717, 1.165) is 11.5 Å². The smallest absolute Gasteiger partial charge is 0.648 e. The maximum absolute atomic E-state index is 5.94. The molecule has 1 heterocycles. The largest absolute Gasteiger partial charge is 2.00 e. The maximum Gasteiger partial charge on any atom is 2.00 e. The van der Waals surface area contributed by atoms with E-state index in [1.165, 1.54) is 15.9 Å². The summed E-state index contributed by atoms with van der Waals surface area (Å²) < 4.78 is 5.94. The standard InChI is InChI=1S/C24H25NOP.C5H5.Fe/c1-24(2,3)22-17-26-23(25-22)18-14-15-21(16-18)27(19-10-6-4-7-11-19)20-12-8-5-9-13-20;1-2-4-5-3-1;/h4-16,22H,17H2,1-3H3;1-5H;/q2*-1;+2/b23-18-;;/t22-;;/m1../s1. The molecule has 0 N–H and O–H groups in total. The summed E-state index contributed by atoms with van der Waals surface area (Å²) in [7, 11) is -0.584. The van der Waals surface area contributed by atoms with E-state index in [4.69, 9.17) is 10.1 Å². The monoisotopic (exact) mass is 495 g/mol. The minimum absolute atomic E-state index is 0. The van der Waals surface area contributed by atoms with Gasteiger partial charge in [0.15, 0.2) is 0 Å². The zero-order valence-corrected chi connectivity index (χ0v) is 21.3. The van der Waals surface area contributed by atoms with Crippen molar-refractivity contribution >= 4 is 18.5 Å². The third-order valence-electron chi connectivity index (χ3n) is 5.48. The first-order chi connectivity index (χ1) is 15.5. The summed E-state index contributed by atoms with van der Waals surface area (Å²) in [6, 6.07) is 31.8. The van der Waals surface area contributed by atoms with Gasteiger partial charge in [0, 0.05) is 5.88 Å². The molecule has 2 nitrogen and oxygen atoms in total. The van der Waals surface area contributed by atoms with Gasteiger partial charge in [-0.05, 0) is 40.9 Å². The van der Waals surface area contributed by atoms with Crippen LogP contribution in [0, 0.1) is 5.41 Å². The van der Waals surface area contributed by atoms with Gasteiger partial charge in [0.25, 0.3) is 0 Å². The van der Waals surface area contributed by atoms with Gasteiger partial charge in [0.1, 0.15) is 0 Å². The fraction of sp³-hybridized carbons (Fsp3) is 0.207. The van der Waals surface area contributed by atoms with Crippen LogP contribution < -0.4 is 10.6 Å². The molecule has 0 amide bonds. The van der Waals surface area contributed by atoms with Crippen LogP contribution in [0.5, 0.6) is 0 Å². The number of hydrogen-bond donors (Lipinski definition) is 0. The first-order valence-corrected chi connectivity index (χ1v) is 12.4. The molecule has 3 aromatic rings. The number of hydrogen-bond acceptors (Lipinski definition) is 1. The van der Waals surface area contributed by atoms with Crippen molar-refractivity contribution in [1.82, 2.24) is 0 Å². The van der Waals surface area contributed by atoms with Crippen LogP contribution in [0.3, 0.4) is 0 Å². The Labute approximate surface area is 210 Å². The van der Waals surface area contributed by atoms with Crippen molar-refractivity contribution in [3.63, 3.8) is 0 Å². The molecular formula is C29H30FeNOP. The Balaban J connectivity index is 0.000000453. The Kier molecular flexibility index (Phi) is 8.87. The molecule has 1 aliphatic carbocycles. The van der Waals surface area contributed by atoms with Gasteiger partial charge in [0.05, 0.1) is 6.61 Å². The van der Waals surface area contributed by atoms with Crippen LogP contribution in [-0.4, -0.2) is 12.6 Å². The van der Waals surface area contributed by atoms with Crippen LogP contribution in [0.2, 0.25) is 0 Å². The van der Waals surface area contributed by atoms with Gasteiger partial charge in [-0.25, -0.2) is 12.1 Å². The number of benzene rings is 2. The van der Waals surface area contributed by atoms with Crippen LogP contribution in [0.4, 0.5) is 0 Å². The number of ether oxygens (including phenoxy) is 1. The van der Waals surface area contributed by atoms with E-state index in [2.05, 4.69) is 99.7 Å². The van der Waals surface area contributed by atoms with Crippen molar-refractivity contribution in [2.75, 3.05) is 6.61 Å². The molecule has 5 rings (SSSR count). The second-order valence-corrected chi connectivity index (χ2v) is 11.2. The number of allylic oxidation sites excluding steroid dienone is 5. The number of rotatable bonds is 3. The fourth-order valence-electron chi connectivity index (χ4n) is 3.60. The zero-order valence-electron chi connectivity index (χ0n) is 19.3. The Morgan fingerprint density at radius 1 is 0.848 bits per heavy atom. The van der Waals surface area contributed by atoms with Crippen LogP contribution in [-0.2, 0) is 21.8 Å². The first-order valence-electron chi connectivity index (χ1n) is 11.1. The molecule has 0 saturated carbocycles. The predicted octanol–water partition coefficient (Wildman–Crippen LogP) is 7.01. The summed E-state index contributed by atoms with van der Waals surface area (Å²) in [6.07, 6.45) is 6.65. The van der Waals surface area contributed by atoms with E-state index >= 15 is 0 Å². The molecule has 1 saturated heterocycles. The second-order valence-electron chi connectivity index (χ2n) is 8.95. The SMILES string of the molecule is CC(C)(C)[C@H]1CO/C(=C2/C=CC(P(c3ccccc3)c3ccccc3)=C2)[N-]1.[Fe+2].c1cc[cH-]c1. The van der Waals surface area contributed by atoms with Crippen molar-refractivity contribution in [3.05, 3.63) is 131 Å². The molecule has 1 aliphatic heterocycles. The van der Waals surface area contributed by atoms with E-state index in [9.17, 15) is 0 Å². The van der Waals surface area contributed by atoms with Crippen LogP contribution in [0.25, 0.3) is 5.32 Å². The van der Waals surface area contributed by atoms with Gasteiger partial charge in [-0.2, -0.15) is 18.2 Å². The topological polar surface area (TPSA) is 23.3 Å². The van der Waals surface area contributed by atoms with Gasteiger partial charge in [-0.3, -0.25) is 0 Å². The van der Waals surface area contributed by atoms with Crippen molar-refractivity contribution < 1.29 is 21.8 Å². The molecular weight excluding hydrogens is 465 g/mol. The molecule has 2 aliphatic rings. The third kappa shape index (κ3) is 6.55. The van der Waals surface area contributed by atoms with Gasteiger partial charge in [0.2, 0.25) is 0 Å². The van der Waals surface area contributed by atoms with E-state index < -0.39 is 7.92 Å². The fourth-order valence-corrected chi connectivity index (χ4v) is 5.93. The molecule has 170 valence electrons. The number of nitrogens with zero attached hydrogens (tertiary/aromatic N) is 1. The quantitative estimate of drug-likeness (QED) is 0.218. The predicted molar refractivity (Wildman–Crippen MR) is 138 cm³/mol. The molecule has 0 unspecified atom stereocenters. The van der Waals surface area contributed by atoms with E-state index in [-0.39, 0.29) is 28.5 Å². The van der Waals surface area contributed by atoms with E-state index in [1.807, 2.05) is 30.3 Å². The van der Waals surface area contributed by atoms with Gasteiger partial charge >= 0.3 is 17.1 Å². The third-order valence-corrected chi connectivity index (χ3v) is 7.90. The maximum atomic E-state index is 5.94. The minimum Gasteiger partial charge on any atom is -0.648 e. The first kappa shape index (κ1) is 25.2. The molecule has 3 aromatic carbocycles. The summed E-state index contributed by atoms with van der Waals surface area (Å²) >= 11 is 0. The van der Waals surface area contributed by atoms with Gasteiger partial charge < -0.3 is 10.1 Å². The van der Waals surface area contributed by atoms with Crippen LogP contribution >= 0.6 is 7.92 Å². The zero-order chi connectivity index (χ0) is 22.4. The van der Waals surface area contributed by atoms with E-state index in [0.29, 0.717) is 6.61 Å². The summed E-state index contributed by atoms with van der Waals surface area (Å²) in [6.45, 7) is 7.32. The average Bonchev–Trinajstić information content (AvgIpc) is 3.58. The van der Waals surface area contributed by atoms with Gasteiger partial charge in [-0.15, -0.1) is 0 Å². The molecule has 33 heavy (non-hydrogen) atoms. The average molecular weight is 495 g/mol. The van der Waals surface area contributed by atoms with Crippen molar-refractivity contribution in [2.24, 2.45) is 5.41 Å². The van der Waals surface area contributed by atoms with Crippen LogP contribution in [0.15, 0.2) is 126 Å². The minimum atomic E-state index is -0.584. The van der Waals surface area contributed by atoms with Crippen molar-refractivity contribution in [1.29, 1.82) is 0 Å². The van der Waals surface area contributed by atoms with E-state index in [1.54, 1.807) is 0 Å². The Hall–Kier alpha value is -2.44. The van der Waals surface area contributed by atoms with Crippen LogP contribution in [0.1, 0.15) is 20.8 Å². The molecule has 1 atom stereocenters. The Morgan fingerprint density at radius 3 is 1.88 bits per heavy atom. The van der Waals surface area contributed by atoms with Crippen molar-refractivity contribution in [2.45, 2.75) is 26.8 Å². The summed E-state index contributed by atoms with van der Waals surface area (Å²) in [4.78, 5) is 0. The van der Waals surface area contributed by atoms with Crippen molar-refractivity contribution in [3.8, 4) is 0 Å². The van der Waals surface area contributed by atoms with Gasteiger partial charge in [-0.1, -0.05) is 99.6 Å². The molecule has 0 spiro atoms.